The molecule has 1 atom stereocenters. The van der Waals surface area contributed by atoms with Crippen LogP contribution in [0.25, 0.3) is 0 Å². The molecule has 1 saturated heterocycles. The summed E-state index contributed by atoms with van der Waals surface area (Å²) in [4.78, 5) is 19.8. The molecule has 0 aromatic rings. The van der Waals surface area contributed by atoms with Crippen molar-refractivity contribution >= 4 is 46.3 Å². The Morgan fingerprint density at radius 2 is 1.36 bits per heavy atom. The first-order chi connectivity index (χ1) is 12.5. The van der Waals surface area contributed by atoms with Gasteiger partial charge in [0.15, 0.2) is 0 Å². The molecule has 0 aromatic heterocycles. The van der Waals surface area contributed by atoms with E-state index < -0.39 is 22.3 Å². The largest absolute Gasteiger partial charge is 0.481 e. The molecule has 1 heterocycles. The first-order valence-corrected chi connectivity index (χ1v) is 9.82. The van der Waals surface area contributed by atoms with Crippen LogP contribution in [0.2, 0.25) is 0 Å². The zero-order valence-electron chi connectivity index (χ0n) is 15.3. The minimum atomic E-state index is -4.67. The first kappa shape index (κ1) is 34.7. The fourth-order valence-electron chi connectivity index (χ4n) is 1.04. The Bertz CT molecular complexity index is 438. The molecule has 12 nitrogen and oxygen atoms in total. The second-order valence-corrected chi connectivity index (χ2v) is 6.08. The van der Waals surface area contributed by atoms with Crippen molar-refractivity contribution in [3.8, 4) is 0 Å². The van der Waals surface area contributed by atoms with E-state index >= 15 is 0 Å². The van der Waals surface area contributed by atoms with Crippen molar-refractivity contribution in [2.75, 3.05) is 38.7 Å². The SMILES string of the molecule is Cl.ClCC1CO1.NCCNCCN.O=C(O)CCCCC(=O)O.O=S(=O)(O)O. The number of carbonyl (C=O) groups is 2. The van der Waals surface area contributed by atoms with E-state index in [2.05, 4.69) is 5.32 Å². The van der Waals surface area contributed by atoms with E-state index in [0.29, 0.717) is 37.9 Å². The van der Waals surface area contributed by atoms with Crippen molar-refractivity contribution in [2.24, 2.45) is 11.5 Å². The van der Waals surface area contributed by atoms with Gasteiger partial charge in [-0.2, -0.15) is 8.42 Å². The number of unbranched alkanes of at least 4 members (excludes halogenated alkanes) is 1. The maximum atomic E-state index is 9.90. The van der Waals surface area contributed by atoms with Crippen molar-refractivity contribution in [3.05, 3.63) is 0 Å². The van der Waals surface area contributed by atoms with E-state index in [9.17, 15) is 9.59 Å². The molecule has 0 bridgehead atoms. The highest BCUT2D eigenvalue weighted by Crippen LogP contribution is 2.08. The lowest BCUT2D eigenvalue weighted by Gasteiger charge is -1.95. The first-order valence-electron chi connectivity index (χ1n) is 7.89. The Labute approximate surface area is 175 Å². The molecule has 1 fully saturated rings. The van der Waals surface area contributed by atoms with E-state index in [4.69, 9.17) is 55.5 Å². The third kappa shape index (κ3) is 63.9. The second-order valence-electron chi connectivity index (χ2n) is 4.88. The number of aliphatic carboxylic acids is 2. The van der Waals surface area contributed by atoms with Crippen molar-refractivity contribution in [1.29, 1.82) is 0 Å². The molecule has 0 aliphatic carbocycles. The lowest BCUT2D eigenvalue weighted by Crippen LogP contribution is -2.27. The van der Waals surface area contributed by atoms with Crippen molar-refractivity contribution in [2.45, 2.75) is 31.8 Å². The molecule has 0 saturated carbocycles. The van der Waals surface area contributed by atoms with Crippen LogP contribution in [0.3, 0.4) is 0 Å². The molecule has 172 valence electrons. The summed E-state index contributed by atoms with van der Waals surface area (Å²) in [6, 6.07) is 0. The Balaban J connectivity index is -0.000000141. The summed E-state index contributed by atoms with van der Waals surface area (Å²) in [5, 5.41) is 19.3. The van der Waals surface area contributed by atoms with Crippen LogP contribution in [0, 0.1) is 0 Å². The van der Waals surface area contributed by atoms with Gasteiger partial charge in [0.05, 0.1) is 18.6 Å². The van der Waals surface area contributed by atoms with Gasteiger partial charge in [0, 0.05) is 39.0 Å². The number of ether oxygens (including phenoxy) is 1. The molecule has 28 heavy (non-hydrogen) atoms. The van der Waals surface area contributed by atoms with E-state index in [1.807, 2.05) is 0 Å². The molecule has 1 rings (SSSR count). The van der Waals surface area contributed by atoms with Crippen LogP contribution in [0.5, 0.6) is 0 Å². The normalized spacial score (nSPS) is 13.8. The molecular formula is C13H31Cl2N3O9S. The van der Waals surface area contributed by atoms with E-state index in [0.717, 1.165) is 19.7 Å². The number of halogens is 2. The molecule has 9 N–H and O–H groups in total. The third-order valence-corrected chi connectivity index (χ3v) is 2.59. The number of rotatable bonds is 10. The zero-order chi connectivity index (χ0) is 21.7. The molecule has 1 unspecified atom stereocenters. The summed E-state index contributed by atoms with van der Waals surface area (Å²) in [6.45, 7) is 4.01. The van der Waals surface area contributed by atoms with Gasteiger partial charge in [0.2, 0.25) is 0 Å². The number of nitrogens with one attached hydrogen (secondary N) is 1. The van der Waals surface area contributed by atoms with Crippen molar-refractivity contribution in [3.63, 3.8) is 0 Å². The van der Waals surface area contributed by atoms with Crippen molar-refractivity contribution < 1.29 is 42.1 Å². The van der Waals surface area contributed by atoms with Crippen LogP contribution in [-0.4, -0.2) is 84.4 Å². The Morgan fingerprint density at radius 3 is 1.50 bits per heavy atom. The number of alkyl halides is 1. The lowest BCUT2D eigenvalue weighted by atomic mass is 10.2. The van der Waals surface area contributed by atoms with Crippen LogP contribution in [0.1, 0.15) is 25.7 Å². The molecule has 15 heteroatoms. The van der Waals surface area contributed by atoms with Crippen LogP contribution in [0.15, 0.2) is 0 Å². The van der Waals surface area contributed by atoms with Crippen LogP contribution in [-0.2, 0) is 24.7 Å². The number of hydrogen-bond acceptors (Lipinski definition) is 8. The molecule has 1 aliphatic rings. The average Bonchev–Trinajstić information content (AvgIpc) is 3.36. The fourth-order valence-corrected chi connectivity index (χ4v) is 1.22. The maximum absolute atomic E-state index is 9.90. The van der Waals surface area contributed by atoms with Gasteiger partial charge < -0.3 is 31.7 Å². The smallest absolute Gasteiger partial charge is 0.394 e. The van der Waals surface area contributed by atoms with Gasteiger partial charge in [-0.25, -0.2) is 0 Å². The summed E-state index contributed by atoms with van der Waals surface area (Å²) < 4.78 is 36.3. The highest BCUT2D eigenvalue weighted by molar-refractivity contribution is 7.79. The van der Waals surface area contributed by atoms with E-state index in [1.54, 1.807) is 0 Å². The molecule has 0 aromatic carbocycles. The third-order valence-electron chi connectivity index (χ3n) is 2.25. The Kier molecular flexibility index (Phi) is 30.1. The number of carboxylic acids is 2. The van der Waals surface area contributed by atoms with Gasteiger partial charge in [0.25, 0.3) is 0 Å². The van der Waals surface area contributed by atoms with E-state index in [1.165, 1.54) is 0 Å². The van der Waals surface area contributed by atoms with Gasteiger partial charge in [0.1, 0.15) is 0 Å². The molecule has 0 radical (unpaired) electrons. The quantitative estimate of drug-likeness (QED) is 0.0925. The summed E-state index contributed by atoms with van der Waals surface area (Å²) in [5.74, 6) is -1.07. The summed E-state index contributed by atoms with van der Waals surface area (Å²) in [7, 11) is -4.67. The highest BCUT2D eigenvalue weighted by atomic mass is 35.5. The summed E-state index contributed by atoms with van der Waals surface area (Å²) in [6.07, 6.45) is 1.42. The predicted octanol–water partition coefficient (Wildman–Crippen LogP) is -0.398. The van der Waals surface area contributed by atoms with Crippen LogP contribution >= 0.6 is 24.0 Å². The fraction of sp³-hybridized carbons (Fsp3) is 0.846. The standard InChI is InChI=1S/C6H10O4.C4H13N3.C3H5ClO.ClH.H2O4S/c7-5(8)3-1-2-4-6(9)10;5-1-3-7-4-2-6;4-1-3-2-5-3;;1-5(2,3)4/h1-4H2,(H,7,8)(H,9,10);7H,1-6H2;3H,1-2H2;1H;(H2,1,2,3,4). The highest BCUT2D eigenvalue weighted by Gasteiger charge is 2.19. The topological polar surface area (TPSA) is 226 Å². The molecule has 0 amide bonds. The number of hydrogen-bond donors (Lipinski definition) is 7. The minimum absolute atomic E-state index is 0. The maximum Gasteiger partial charge on any atom is 0.394 e. The Hall–Kier alpha value is -0.770. The molecular weight excluding hydrogens is 445 g/mol. The van der Waals surface area contributed by atoms with Gasteiger partial charge in [-0.1, -0.05) is 0 Å². The molecule has 1 aliphatic heterocycles. The number of nitrogens with two attached hydrogens (primary N) is 2. The zero-order valence-corrected chi connectivity index (χ0v) is 17.7. The van der Waals surface area contributed by atoms with Gasteiger partial charge in [-0.05, 0) is 12.8 Å². The number of carboxylic acid groups (broad SMARTS) is 2. The predicted molar refractivity (Wildman–Crippen MR) is 107 cm³/mol. The van der Waals surface area contributed by atoms with Crippen LogP contribution < -0.4 is 16.8 Å². The molecule has 0 spiro atoms. The monoisotopic (exact) mass is 475 g/mol. The summed E-state index contributed by atoms with van der Waals surface area (Å²) >= 11 is 5.27. The van der Waals surface area contributed by atoms with Crippen LogP contribution in [0.4, 0.5) is 0 Å². The van der Waals surface area contributed by atoms with Gasteiger partial charge in [-0.15, -0.1) is 24.0 Å². The average molecular weight is 476 g/mol. The van der Waals surface area contributed by atoms with Gasteiger partial charge >= 0.3 is 22.3 Å². The van der Waals surface area contributed by atoms with Gasteiger partial charge in [-0.3, -0.25) is 18.7 Å². The minimum Gasteiger partial charge on any atom is -0.481 e. The second kappa shape index (κ2) is 24.3. The van der Waals surface area contributed by atoms with Crippen molar-refractivity contribution in [1.82, 2.24) is 5.32 Å². The Morgan fingerprint density at radius 1 is 1.04 bits per heavy atom. The summed E-state index contributed by atoms with van der Waals surface area (Å²) in [5.41, 5.74) is 10.3. The number of epoxide rings is 1. The lowest BCUT2D eigenvalue weighted by molar-refractivity contribution is -0.139. The van der Waals surface area contributed by atoms with E-state index in [-0.39, 0.29) is 25.2 Å².